The number of nitrogens with zero attached hydrogens (tertiary/aromatic N) is 3. The van der Waals surface area contributed by atoms with Gasteiger partial charge in [-0.25, -0.2) is 14.1 Å². The Morgan fingerprint density at radius 2 is 2.04 bits per heavy atom. The first-order valence-corrected chi connectivity index (χ1v) is 8.79. The van der Waals surface area contributed by atoms with Crippen LogP contribution < -0.4 is 4.74 Å². The van der Waals surface area contributed by atoms with Gasteiger partial charge in [0.05, 0.1) is 12.7 Å². The lowest BCUT2D eigenvalue weighted by molar-refractivity contribution is -0.188. The van der Waals surface area contributed by atoms with Crippen LogP contribution in [0.15, 0.2) is 55.1 Å². The summed E-state index contributed by atoms with van der Waals surface area (Å²) in [4.78, 5) is 3.92. The maximum absolute atomic E-state index is 15.0. The summed E-state index contributed by atoms with van der Waals surface area (Å²) in [6.45, 7) is 2.42. The fraction of sp³-hybridized carbons (Fsp3) is 0.263. The van der Waals surface area contributed by atoms with Crippen LogP contribution in [0.4, 0.5) is 4.39 Å². The van der Waals surface area contributed by atoms with Gasteiger partial charge in [0.15, 0.2) is 0 Å². The molecule has 8 heteroatoms. The van der Waals surface area contributed by atoms with E-state index in [0.29, 0.717) is 23.1 Å². The van der Waals surface area contributed by atoms with Crippen molar-refractivity contribution in [3.63, 3.8) is 0 Å². The van der Waals surface area contributed by atoms with Gasteiger partial charge in [0.25, 0.3) is 0 Å². The summed E-state index contributed by atoms with van der Waals surface area (Å²) in [5.74, 6) is -0.835. The highest BCUT2D eigenvalue weighted by molar-refractivity contribution is 6.30. The normalized spacial score (nSPS) is 22.1. The highest BCUT2D eigenvalue weighted by Gasteiger charge is 2.44. The average Bonchev–Trinajstić information content (AvgIpc) is 3.28. The molecule has 4 rings (SSSR count). The molecular weight excluding hydrogens is 373 g/mol. The first-order chi connectivity index (χ1) is 13.0. The molecule has 2 heterocycles. The predicted octanol–water partition coefficient (Wildman–Crippen LogP) is 4.15. The van der Waals surface area contributed by atoms with Gasteiger partial charge in [-0.05, 0) is 43.3 Å². The Morgan fingerprint density at radius 3 is 2.67 bits per heavy atom. The van der Waals surface area contributed by atoms with Crippen LogP contribution in [-0.4, -0.2) is 27.5 Å². The minimum absolute atomic E-state index is 0.169. The van der Waals surface area contributed by atoms with Crippen LogP contribution >= 0.6 is 11.6 Å². The Balaban J connectivity index is 1.62. The molecule has 0 amide bonds. The first-order valence-electron chi connectivity index (χ1n) is 8.42. The number of rotatable bonds is 5. The molecule has 0 bridgehead atoms. The van der Waals surface area contributed by atoms with Crippen molar-refractivity contribution in [2.24, 2.45) is 0 Å². The molecule has 0 spiro atoms. The van der Waals surface area contributed by atoms with E-state index in [0.717, 1.165) is 0 Å². The summed E-state index contributed by atoms with van der Waals surface area (Å²) in [6, 6.07) is 11.4. The fourth-order valence-corrected chi connectivity index (χ4v) is 3.11. The van der Waals surface area contributed by atoms with Crippen LogP contribution in [0.2, 0.25) is 5.02 Å². The second-order valence-corrected chi connectivity index (χ2v) is 6.72. The van der Waals surface area contributed by atoms with Gasteiger partial charge in [-0.1, -0.05) is 11.6 Å². The van der Waals surface area contributed by atoms with Crippen molar-refractivity contribution < 1.29 is 18.6 Å². The second-order valence-electron chi connectivity index (χ2n) is 6.28. The van der Waals surface area contributed by atoms with Gasteiger partial charge in [-0.15, -0.1) is 0 Å². The van der Waals surface area contributed by atoms with Crippen molar-refractivity contribution in [1.82, 2.24) is 14.8 Å². The highest BCUT2D eigenvalue weighted by Crippen LogP contribution is 2.38. The van der Waals surface area contributed by atoms with Crippen LogP contribution in [0.5, 0.6) is 11.5 Å². The topological polar surface area (TPSA) is 58.4 Å². The monoisotopic (exact) mass is 389 g/mol. The summed E-state index contributed by atoms with van der Waals surface area (Å²) >= 11 is 5.86. The third-order valence-corrected chi connectivity index (χ3v) is 4.43. The van der Waals surface area contributed by atoms with Crippen molar-refractivity contribution in [2.45, 2.75) is 25.4 Å². The molecule has 1 saturated heterocycles. The van der Waals surface area contributed by atoms with Gasteiger partial charge < -0.3 is 14.2 Å². The van der Waals surface area contributed by atoms with E-state index in [9.17, 15) is 4.39 Å². The Hall–Kier alpha value is -2.48. The Labute approximate surface area is 160 Å². The third kappa shape index (κ3) is 3.80. The molecule has 1 aromatic heterocycles. The SMILES string of the molecule is CC1COC(Cn2cncn2)(c2ccc(Oc3ccc(Cl)cc3)cc2F)O1. The number of ether oxygens (including phenoxy) is 3. The molecule has 1 aliphatic heterocycles. The van der Waals surface area contributed by atoms with E-state index in [2.05, 4.69) is 10.1 Å². The number of benzene rings is 2. The van der Waals surface area contributed by atoms with Gasteiger partial charge in [-0.3, -0.25) is 0 Å². The lowest BCUT2D eigenvalue weighted by atomic mass is 10.0. The van der Waals surface area contributed by atoms with Gasteiger partial charge in [0, 0.05) is 16.7 Å². The van der Waals surface area contributed by atoms with E-state index in [4.69, 9.17) is 25.8 Å². The van der Waals surface area contributed by atoms with E-state index in [1.54, 1.807) is 41.1 Å². The molecule has 2 unspecified atom stereocenters. The van der Waals surface area contributed by atoms with E-state index in [1.807, 2.05) is 6.92 Å². The zero-order valence-corrected chi connectivity index (χ0v) is 15.3. The van der Waals surface area contributed by atoms with Crippen LogP contribution in [0.3, 0.4) is 0 Å². The van der Waals surface area contributed by atoms with Gasteiger partial charge in [0.1, 0.15) is 36.5 Å². The number of halogens is 2. The molecule has 2 aromatic carbocycles. The maximum atomic E-state index is 15.0. The quantitative estimate of drug-likeness (QED) is 0.656. The van der Waals surface area contributed by atoms with Crippen LogP contribution in [-0.2, 0) is 21.8 Å². The summed E-state index contributed by atoms with van der Waals surface area (Å²) in [5, 5.41) is 4.67. The zero-order chi connectivity index (χ0) is 18.9. The number of hydrogen-bond donors (Lipinski definition) is 0. The maximum Gasteiger partial charge on any atom is 0.218 e. The first kappa shape index (κ1) is 17.9. The van der Waals surface area contributed by atoms with Crippen molar-refractivity contribution in [3.8, 4) is 11.5 Å². The molecule has 1 fully saturated rings. The standard InChI is InChI=1S/C19H17ClFN3O3/c1-13-9-25-19(27-13,10-24-12-22-11-23-24)17-7-6-16(8-18(17)21)26-15-4-2-14(20)3-5-15/h2-8,11-13H,9-10H2,1H3. The predicted molar refractivity (Wildman–Crippen MR) is 96.1 cm³/mol. The third-order valence-electron chi connectivity index (χ3n) is 4.18. The molecule has 27 heavy (non-hydrogen) atoms. The highest BCUT2D eigenvalue weighted by atomic mass is 35.5. The van der Waals surface area contributed by atoms with Crippen molar-refractivity contribution in [1.29, 1.82) is 0 Å². The molecular formula is C19H17ClFN3O3. The Kier molecular flexibility index (Phi) is 4.82. The summed E-state index contributed by atoms with van der Waals surface area (Å²) in [5.41, 5.74) is 0.283. The average molecular weight is 390 g/mol. The molecule has 1 aliphatic rings. The number of aromatic nitrogens is 3. The van der Waals surface area contributed by atoms with Crippen LogP contribution in [0.25, 0.3) is 0 Å². The van der Waals surface area contributed by atoms with Gasteiger partial charge >= 0.3 is 0 Å². The van der Waals surface area contributed by atoms with Crippen molar-refractivity contribution >= 4 is 11.6 Å². The molecule has 0 aliphatic carbocycles. The number of hydrogen-bond acceptors (Lipinski definition) is 5. The molecule has 3 aromatic rings. The smallest absolute Gasteiger partial charge is 0.218 e. The molecule has 0 N–H and O–H groups in total. The summed E-state index contributed by atoms with van der Waals surface area (Å²) < 4.78 is 34.0. The van der Waals surface area contributed by atoms with E-state index in [1.165, 1.54) is 18.7 Å². The Morgan fingerprint density at radius 1 is 1.26 bits per heavy atom. The van der Waals surface area contributed by atoms with Crippen molar-refractivity contribution in [3.05, 3.63) is 71.5 Å². The molecule has 140 valence electrons. The lowest BCUT2D eigenvalue weighted by Crippen LogP contribution is -2.34. The van der Waals surface area contributed by atoms with Crippen LogP contribution in [0, 0.1) is 5.82 Å². The second kappa shape index (κ2) is 7.26. The minimum atomic E-state index is -1.27. The zero-order valence-electron chi connectivity index (χ0n) is 14.5. The van der Waals surface area contributed by atoms with Gasteiger partial charge in [0.2, 0.25) is 5.79 Å². The van der Waals surface area contributed by atoms with E-state index in [-0.39, 0.29) is 18.2 Å². The molecule has 6 nitrogen and oxygen atoms in total. The van der Waals surface area contributed by atoms with E-state index < -0.39 is 11.6 Å². The largest absolute Gasteiger partial charge is 0.457 e. The van der Waals surface area contributed by atoms with Crippen LogP contribution in [0.1, 0.15) is 12.5 Å². The molecule has 0 radical (unpaired) electrons. The summed E-state index contributed by atoms with van der Waals surface area (Å²) in [7, 11) is 0. The molecule has 0 saturated carbocycles. The van der Waals surface area contributed by atoms with Gasteiger partial charge in [-0.2, -0.15) is 5.10 Å². The van der Waals surface area contributed by atoms with E-state index >= 15 is 0 Å². The fourth-order valence-electron chi connectivity index (χ4n) is 2.99. The summed E-state index contributed by atoms with van der Waals surface area (Å²) in [6.07, 6.45) is 2.77. The molecule has 2 atom stereocenters. The Bertz CT molecular complexity index is 920. The van der Waals surface area contributed by atoms with Crippen molar-refractivity contribution in [2.75, 3.05) is 6.61 Å². The lowest BCUT2D eigenvalue weighted by Gasteiger charge is -2.28. The minimum Gasteiger partial charge on any atom is -0.457 e.